The fourth-order valence-corrected chi connectivity index (χ4v) is 3.94. The first-order chi connectivity index (χ1) is 6.42. The smallest absolute Gasteiger partial charge is 0.0714 e. The maximum atomic E-state index is 6.52. The topological polar surface area (TPSA) is 0 Å². The van der Waals surface area contributed by atoms with Gasteiger partial charge in [0.05, 0.1) is 5.38 Å². The maximum Gasteiger partial charge on any atom is 0.0714 e. The van der Waals surface area contributed by atoms with Gasteiger partial charge in [-0.1, -0.05) is 13.8 Å². The third-order valence-electron chi connectivity index (χ3n) is 3.27. The van der Waals surface area contributed by atoms with Gasteiger partial charge in [-0.2, -0.15) is 0 Å². The zero-order valence-corrected chi connectivity index (χ0v) is 10.8. The van der Waals surface area contributed by atoms with Gasteiger partial charge in [-0.05, 0) is 43.2 Å². The van der Waals surface area contributed by atoms with Gasteiger partial charge in [0, 0.05) is 9.75 Å². The van der Waals surface area contributed by atoms with Crippen LogP contribution in [0.25, 0.3) is 0 Å². The molecule has 1 aromatic rings. The molecule has 78 valence electrons. The second-order valence-corrected chi connectivity index (χ2v) is 6.86. The Morgan fingerprint density at radius 3 is 2.43 bits per heavy atom. The number of aryl methyl sites for hydroxylation is 2. The Morgan fingerprint density at radius 1 is 1.50 bits per heavy atom. The molecular formula is C12H17ClS. The van der Waals surface area contributed by atoms with Crippen molar-refractivity contribution in [2.24, 2.45) is 11.3 Å². The Kier molecular flexibility index (Phi) is 2.43. The van der Waals surface area contributed by atoms with Crippen molar-refractivity contribution in [2.75, 3.05) is 0 Å². The Morgan fingerprint density at radius 2 is 2.07 bits per heavy atom. The number of thiophene rings is 1. The summed E-state index contributed by atoms with van der Waals surface area (Å²) >= 11 is 8.38. The van der Waals surface area contributed by atoms with Crippen molar-refractivity contribution >= 4 is 22.9 Å². The van der Waals surface area contributed by atoms with Crippen LogP contribution in [0.4, 0.5) is 0 Å². The molecule has 0 amide bonds. The molecule has 0 aliphatic heterocycles. The summed E-state index contributed by atoms with van der Waals surface area (Å²) in [6.07, 6.45) is 1.28. The molecule has 0 nitrogen and oxygen atoms in total. The summed E-state index contributed by atoms with van der Waals surface area (Å²) in [5.41, 5.74) is 1.84. The number of hydrogen-bond donors (Lipinski definition) is 0. The van der Waals surface area contributed by atoms with Crippen molar-refractivity contribution < 1.29 is 0 Å². The van der Waals surface area contributed by atoms with E-state index in [9.17, 15) is 0 Å². The zero-order valence-electron chi connectivity index (χ0n) is 9.23. The first-order valence-corrected chi connectivity index (χ1v) is 6.38. The molecule has 0 aromatic carbocycles. The van der Waals surface area contributed by atoms with Gasteiger partial charge < -0.3 is 0 Å². The van der Waals surface area contributed by atoms with Crippen molar-refractivity contribution in [3.05, 3.63) is 21.4 Å². The summed E-state index contributed by atoms with van der Waals surface area (Å²) in [5.74, 6) is 0.681. The van der Waals surface area contributed by atoms with E-state index in [0.29, 0.717) is 11.3 Å². The van der Waals surface area contributed by atoms with Crippen LogP contribution in [0.3, 0.4) is 0 Å². The summed E-state index contributed by atoms with van der Waals surface area (Å²) in [6, 6.07) is 2.24. The maximum absolute atomic E-state index is 6.52. The third-order valence-corrected chi connectivity index (χ3v) is 5.16. The zero-order chi connectivity index (χ0) is 10.5. The lowest BCUT2D eigenvalue weighted by atomic mass is 10.1. The van der Waals surface area contributed by atoms with Crippen molar-refractivity contribution in [1.29, 1.82) is 0 Å². The standard InChI is InChI=1S/C12H17ClS/c1-7-5-8(2)14-11(7)10(13)9-6-12(9,3)4/h5,9-10H,6H2,1-4H3. The highest BCUT2D eigenvalue weighted by Crippen LogP contribution is 2.60. The normalized spacial score (nSPS) is 26.2. The van der Waals surface area contributed by atoms with E-state index in [2.05, 4.69) is 33.8 Å². The molecule has 0 bridgehead atoms. The first kappa shape index (κ1) is 10.5. The SMILES string of the molecule is Cc1cc(C)c(C(Cl)C2CC2(C)C)s1. The van der Waals surface area contributed by atoms with E-state index in [1.807, 2.05) is 11.3 Å². The molecule has 2 heteroatoms. The number of rotatable bonds is 2. The Balaban J connectivity index is 2.20. The van der Waals surface area contributed by atoms with E-state index in [1.165, 1.54) is 21.7 Å². The highest BCUT2D eigenvalue weighted by atomic mass is 35.5. The van der Waals surface area contributed by atoms with Crippen LogP contribution < -0.4 is 0 Å². The number of halogens is 1. The summed E-state index contributed by atoms with van der Waals surface area (Å²) in [6.45, 7) is 8.94. The van der Waals surface area contributed by atoms with Gasteiger partial charge >= 0.3 is 0 Å². The lowest BCUT2D eigenvalue weighted by Gasteiger charge is -2.10. The molecule has 1 aliphatic rings. The first-order valence-electron chi connectivity index (χ1n) is 5.13. The van der Waals surface area contributed by atoms with Crippen LogP contribution in [0.5, 0.6) is 0 Å². The Labute approximate surface area is 95.3 Å². The van der Waals surface area contributed by atoms with Gasteiger partial charge in [-0.3, -0.25) is 0 Å². The fourth-order valence-electron chi connectivity index (χ4n) is 2.12. The summed E-state index contributed by atoms with van der Waals surface area (Å²) in [7, 11) is 0. The summed E-state index contributed by atoms with van der Waals surface area (Å²) in [4.78, 5) is 2.77. The summed E-state index contributed by atoms with van der Waals surface area (Å²) < 4.78 is 0. The van der Waals surface area contributed by atoms with Crippen LogP contribution in [0.15, 0.2) is 6.07 Å². The minimum atomic E-state index is 0.240. The molecule has 0 N–H and O–H groups in total. The predicted molar refractivity (Wildman–Crippen MR) is 64.3 cm³/mol. The molecule has 1 saturated carbocycles. The van der Waals surface area contributed by atoms with E-state index in [4.69, 9.17) is 11.6 Å². The van der Waals surface area contributed by atoms with Crippen LogP contribution in [0, 0.1) is 25.2 Å². The van der Waals surface area contributed by atoms with Gasteiger partial charge in [-0.15, -0.1) is 22.9 Å². The van der Waals surface area contributed by atoms with Crippen LogP contribution in [0.2, 0.25) is 0 Å². The van der Waals surface area contributed by atoms with Gasteiger partial charge in [0.2, 0.25) is 0 Å². The molecule has 14 heavy (non-hydrogen) atoms. The predicted octanol–water partition coefficient (Wildman–Crippen LogP) is 4.69. The third kappa shape index (κ3) is 1.72. The minimum Gasteiger partial charge on any atom is -0.144 e. The average molecular weight is 229 g/mol. The van der Waals surface area contributed by atoms with Crippen LogP contribution in [0.1, 0.15) is 41.0 Å². The van der Waals surface area contributed by atoms with Crippen molar-refractivity contribution in [2.45, 2.75) is 39.5 Å². The molecule has 2 rings (SSSR count). The highest BCUT2D eigenvalue weighted by molar-refractivity contribution is 7.12. The molecule has 0 radical (unpaired) electrons. The van der Waals surface area contributed by atoms with E-state index in [1.54, 1.807) is 0 Å². The van der Waals surface area contributed by atoms with Crippen molar-refractivity contribution in [1.82, 2.24) is 0 Å². The largest absolute Gasteiger partial charge is 0.144 e. The number of alkyl halides is 1. The molecule has 1 aromatic heterocycles. The Bertz CT molecular complexity index is 351. The van der Waals surface area contributed by atoms with Gasteiger partial charge in [-0.25, -0.2) is 0 Å². The van der Waals surface area contributed by atoms with Gasteiger partial charge in [0.15, 0.2) is 0 Å². The fraction of sp³-hybridized carbons (Fsp3) is 0.667. The molecule has 2 atom stereocenters. The van der Waals surface area contributed by atoms with E-state index >= 15 is 0 Å². The molecule has 1 heterocycles. The minimum absolute atomic E-state index is 0.240. The van der Waals surface area contributed by atoms with Crippen LogP contribution >= 0.6 is 22.9 Å². The molecule has 1 fully saturated rings. The van der Waals surface area contributed by atoms with E-state index in [0.717, 1.165) is 0 Å². The van der Waals surface area contributed by atoms with Crippen molar-refractivity contribution in [3.63, 3.8) is 0 Å². The van der Waals surface area contributed by atoms with E-state index < -0.39 is 0 Å². The second kappa shape index (κ2) is 3.24. The Hall–Kier alpha value is -0.0100. The van der Waals surface area contributed by atoms with Gasteiger partial charge in [0.25, 0.3) is 0 Å². The summed E-state index contributed by atoms with van der Waals surface area (Å²) in [5, 5.41) is 0.240. The van der Waals surface area contributed by atoms with E-state index in [-0.39, 0.29) is 5.38 Å². The van der Waals surface area contributed by atoms with Crippen molar-refractivity contribution in [3.8, 4) is 0 Å². The molecular weight excluding hydrogens is 212 g/mol. The molecule has 0 spiro atoms. The lowest BCUT2D eigenvalue weighted by molar-refractivity contribution is 0.550. The highest BCUT2D eigenvalue weighted by Gasteiger charge is 2.50. The molecule has 0 saturated heterocycles. The van der Waals surface area contributed by atoms with Crippen LogP contribution in [-0.2, 0) is 0 Å². The quantitative estimate of drug-likeness (QED) is 0.645. The molecule has 1 aliphatic carbocycles. The van der Waals surface area contributed by atoms with Gasteiger partial charge in [0.1, 0.15) is 0 Å². The number of hydrogen-bond acceptors (Lipinski definition) is 1. The monoisotopic (exact) mass is 228 g/mol. The average Bonchev–Trinajstić information content (AvgIpc) is 2.55. The van der Waals surface area contributed by atoms with Crippen LogP contribution in [-0.4, -0.2) is 0 Å². The molecule has 2 unspecified atom stereocenters. The second-order valence-electron chi connectivity index (χ2n) is 5.11. The lowest BCUT2D eigenvalue weighted by Crippen LogP contribution is -1.98.